The van der Waals surface area contributed by atoms with E-state index in [1.54, 1.807) is 64.9 Å². The van der Waals surface area contributed by atoms with Crippen LogP contribution in [-0.4, -0.2) is 62.1 Å². The Labute approximate surface area is 359 Å². The van der Waals surface area contributed by atoms with Gasteiger partial charge >= 0.3 is 0 Å². The largest absolute Gasteiger partial charge is 0.493 e. The number of amides is 4. The van der Waals surface area contributed by atoms with Gasteiger partial charge in [0.2, 0.25) is 11.8 Å². The Morgan fingerprint density at radius 1 is 0.533 bits per heavy atom. The van der Waals surface area contributed by atoms with Gasteiger partial charge in [-0.2, -0.15) is 0 Å². The summed E-state index contributed by atoms with van der Waals surface area (Å²) >= 11 is 2.77. The Bertz CT molecular complexity index is 2050. The number of hydrogen-bond acceptors (Lipinski definition) is 10. The highest BCUT2D eigenvalue weighted by atomic mass is 32.2. The molecule has 60 heavy (non-hydrogen) atoms. The Kier molecular flexibility index (Phi) is 15.6. The molecule has 4 aromatic rings. The summed E-state index contributed by atoms with van der Waals surface area (Å²) in [5, 5.41) is 2.01. The maximum absolute atomic E-state index is 13.7. The van der Waals surface area contributed by atoms with Crippen LogP contribution < -0.4 is 29.8 Å². The summed E-state index contributed by atoms with van der Waals surface area (Å²) in [5.41, 5.74) is 9.10. The smallest absolute Gasteiger partial charge is 0.280 e. The van der Waals surface area contributed by atoms with Crippen molar-refractivity contribution in [1.82, 2.24) is 20.9 Å². The maximum atomic E-state index is 13.7. The molecule has 2 aliphatic heterocycles. The van der Waals surface area contributed by atoms with E-state index in [1.165, 1.54) is 33.5 Å². The van der Waals surface area contributed by atoms with Crippen LogP contribution in [-0.2, 0) is 19.2 Å². The topological polar surface area (TPSA) is 136 Å². The summed E-state index contributed by atoms with van der Waals surface area (Å²) in [7, 11) is 6.26. The van der Waals surface area contributed by atoms with Crippen LogP contribution in [0.1, 0.15) is 84.4 Å². The molecule has 6 rings (SSSR count). The van der Waals surface area contributed by atoms with Crippen molar-refractivity contribution in [3.05, 3.63) is 129 Å². The molecule has 14 heteroatoms. The minimum atomic E-state index is -0.416. The van der Waals surface area contributed by atoms with E-state index in [9.17, 15) is 19.2 Å². The molecule has 2 aliphatic rings. The van der Waals surface area contributed by atoms with Crippen LogP contribution in [0.15, 0.2) is 107 Å². The number of rotatable bonds is 19. The molecule has 0 spiro atoms. The van der Waals surface area contributed by atoms with Crippen LogP contribution >= 0.6 is 23.5 Å². The highest BCUT2D eigenvalue weighted by molar-refractivity contribution is 8.05. The summed E-state index contributed by atoms with van der Waals surface area (Å²) < 4.78 is 21.6. The fourth-order valence-corrected chi connectivity index (χ4v) is 9.21. The van der Waals surface area contributed by atoms with E-state index in [0.717, 1.165) is 47.9 Å². The first-order chi connectivity index (χ1) is 29.2. The molecule has 2 unspecified atom stereocenters. The second kappa shape index (κ2) is 21.4. The first kappa shape index (κ1) is 43.7. The number of nitrogens with zero attached hydrogens (tertiary/aromatic N) is 2. The molecule has 2 atom stereocenters. The molecule has 2 N–H and O–H groups in total. The van der Waals surface area contributed by atoms with E-state index < -0.39 is 10.7 Å². The van der Waals surface area contributed by atoms with Crippen molar-refractivity contribution in [2.45, 2.75) is 62.1 Å². The van der Waals surface area contributed by atoms with Gasteiger partial charge in [0.15, 0.2) is 23.0 Å². The fourth-order valence-electron chi connectivity index (χ4n) is 6.82. The van der Waals surface area contributed by atoms with Gasteiger partial charge in [-0.15, -0.1) is 0 Å². The van der Waals surface area contributed by atoms with Gasteiger partial charge in [0.05, 0.1) is 38.2 Å². The lowest BCUT2D eigenvalue weighted by atomic mass is 10.1. The molecular weight excluding hydrogens is 801 g/mol. The molecule has 2 saturated heterocycles. The second-order valence-electron chi connectivity index (χ2n) is 14.0. The van der Waals surface area contributed by atoms with E-state index in [4.69, 9.17) is 18.9 Å². The van der Waals surface area contributed by atoms with Crippen molar-refractivity contribution in [3.63, 3.8) is 0 Å². The van der Waals surface area contributed by atoms with Crippen LogP contribution in [0.4, 0.5) is 0 Å². The fraction of sp³-hybridized carbons (Fsp3) is 0.304. The summed E-state index contributed by atoms with van der Waals surface area (Å²) in [6.07, 6.45) is 8.96. The standard InChI is InChI=1S/C46H50N4O8S2/c1-55-35-25-23-31(27-37(35)57-3)29-39-43(53)49(45(59-39)33-17-11-9-12-18-33)47-41(51)21-15-7-5-6-8-16-22-42(52)48-50-44(54)40(60-46(50)34-19-13-10-14-20-34)30-32-24-26-36(56-2)38(28-32)58-4/h9-14,17-20,23-30,45-46H,5-8,15-16,21-22H2,1-4H3,(H,47,51)(H,48,52)/b39-29-,40-30-. The van der Waals surface area contributed by atoms with Crippen molar-refractivity contribution >= 4 is 59.3 Å². The maximum Gasteiger partial charge on any atom is 0.280 e. The average molecular weight is 851 g/mol. The van der Waals surface area contributed by atoms with Crippen LogP contribution in [0.25, 0.3) is 12.2 Å². The van der Waals surface area contributed by atoms with E-state index in [0.29, 0.717) is 45.6 Å². The minimum absolute atomic E-state index is 0.223. The van der Waals surface area contributed by atoms with Gasteiger partial charge in [0, 0.05) is 12.8 Å². The number of methoxy groups -OCH3 is 4. The van der Waals surface area contributed by atoms with Crippen LogP contribution in [0.5, 0.6) is 23.0 Å². The van der Waals surface area contributed by atoms with Crippen molar-refractivity contribution in [3.8, 4) is 23.0 Å². The van der Waals surface area contributed by atoms with Crippen molar-refractivity contribution in [1.29, 1.82) is 0 Å². The number of carbonyl (C=O) groups is 4. The lowest BCUT2D eigenvalue weighted by Gasteiger charge is -2.24. The molecule has 0 saturated carbocycles. The number of unbranched alkanes of at least 4 members (excludes halogenated alkanes) is 5. The Morgan fingerprint density at radius 3 is 1.27 bits per heavy atom. The predicted octanol–water partition coefficient (Wildman–Crippen LogP) is 8.83. The molecule has 4 amide bonds. The molecule has 0 aliphatic carbocycles. The van der Waals surface area contributed by atoms with Crippen molar-refractivity contribution < 1.29 is 38.1 Å². The van der Waals surface area contributed by atoms with Crippen LogP contribution in [0.3, 0.4) is 0 Å². The summed E-state index contributed by atoms with van der Waals surface area (Å²) in [4.78, 5) is 54.6. The molecule has 0 aromatic heterocycles. The highest BCUT2D eigenvalue weighted by Crippen LogP contribution is 2.47. The molecule has 4 aromatic carbocycles. The lowest BCUT2D eigenvalue weighted by Crippen LogP contribution is -2.44. The number of thioether (sulfide) groups is 2. The third-order valence-electron chi connectivity index (χ3n) is 9.93. The molecule has 314 valence electrons. The molecule has 0 radical (unpaired) electrons. The monoisotopic (exact) mass is 850 g/mol. The summed E-state index contributed by atoms with van der Waals surface area (Å²) in [5.74, 6) is 1.29. The van der Waals surface area contributed by atoms with Crippen LogP contribution in [0.2, 0.25) is 0 Å². The first-order valence-corrected chi connectivity index (χ1v) is 21.6. The van der Waals surface area contributed by atoms with Gasteiger partial charge in [-0.1, -0.05) is 122 Å². The van der Waals surface area contributed by atoms with Gasteiger partial charge in [-0.3, -0.25) is 30.0 Å². The lowest BCUT2D eigenvalue weighted by molar-refractivity contribution is -0.138. The van der Waals surface area contributed by atoms with Crippen molar-refractivity contribution in [2.24, 2.45) is 0 Å². The van der Waals surface area contributed by atoms with Gasteiger partial charge in [0.1, 0.15) is 10.7 Å². The number of nitrogens with one attached hydrogen (secondary N) is 2. The van der Waals surface area contributed by atoms with E-state index in [2.05, 4.69) is 10.9 Å². The predicted molar refractivity (Wildman–Crippen MR) is 236 cm³/mol. The number of hydrogen-bond donors (Lipinski definition) is 2. The molecule has 2 heterocycles. The normalized spacial score (nSPS) is 17.6. The average Bonchev–Trinajstić information content (AvgIpc) is 3.75. The third-order valence-corrected chi connectivity index (χ3v) is 12.4. The van der Waals surface area contributed by atoms with Gasteiger partial charge < -0.3 is 18.9 Å². The SMILES string of the molecule is COc1ccc(/C=C2\SC(c3ccccc3)N(NC(=O)CCCCCCCCC(=O)NN3C(=O)/C(=C/c4ccc(OC)c(OC)c4)SC3c3ccccc3)C2=O)cc1OC. The van der Waals surface area contributed by atoms with Crippen molar-refractivity contribution in [2.75, 3.05) is 28.4 Å². The Hall–Kier alpha value is -5.86. The van der Waals surface area contributed by atoms with Gasteiger partial charge in [-0.25, -0.2) is 10.0 Å². The number of hydrazine groups is 2. The second-order valence-corrected chi connectivity index (χ2v) is 16.3. The Morgan fingerprint density at radius 2 is 0.900 bits per heavy atom. The zero-order chi connectivity index (χ0) is 42.4. The molecule has 0 bridgehead atoms. The van der Waals surface area contributed by atoms with Gasteiger partial charge in [-0.05, 0) is 71.5 Å². The summed E-state index contributed by atoms with van der Waals surface area (Å²) in [6, 6.07) is 30.1. The third kappa shape index (κ3) is 11.0. The number of benzene rings is 4. The van der Waals surface area contributed by atoms with E-state index >= 15 is 0 Å². The quantitative estimate of drug-likeness (QED) is 0.0696. The number of ether oxygens (including phenoxy) is 4. The molecule has 12 nitrogen and oxygen atoms in total. The van der Waals surface area contributed by atoms with E-state index in [-0.39, 0.29) is 36.5 Å². The van der Waals surface area contributed by atoms with Crippen LogP contribution in [0, 0.1) is 0 Å². The minimum Gasteiger partial charge on any atom is -0.493 e. The van der Waals surface area contributed by atoms with Gasteiger partial charge in [0.25, 0.3) is 11.8 Å². The zero-order valence-corrected chi connectivity index (χ0v) is 35.8. The first-order valence-electron chi connectivity index (χ1n) is 19.8. The molecule has 2 fully saturated rings. The zero-order valence-electron chi connectivity index (χ0n) is 34.2. The summed E-state index contributed by atoms with van der Waals surface area (Å²) in [6.45, 7) is 0. The van der Waals surface area contributed by atoms with E-state index in [1.807, 2.05) is 72.8 Å². The molecular formula is C46H50N4O8S2. The number of carbonyl (C=O) groups excluding carboxylic acids is 4. The highest BCUT2D eigenvalue weighted by Gasteiger charge is 2.39. The Balaban J connectivity index is 0.952.